The molecule has 4 aromatic rings. The van der Waals surface area contributed by atoms with E-state index in [1.54, 1.807) is 0 Å². The van der Waals surface area contributed by atoms with Gasteiger partial charge in [-0.3, -0.25) is 9.69 Å². The van der Waals surface area contributed by atoms with Gasteiger partial charge in [0.15, 0.2) is 10.9 Å². The SMILES string of the molecule is C=CC(=O)N1CCC(Oc2nc(OCC34CCCN3CC(F)C4)nc3c(F)c(-c4ccc(F)c5sc(N)nc45)c(C(F)(F)F)cc23)C1. The molecule has 3 aliphatic heterocycles. The fourth-order valence-electron chi connectivity index (χ4n) is 6.97. The first-order valence-electron chi connectivity index (χ1n) is 14.9. The van der Waals surface area contributed by atoms with Crippen LogP contribution in [0.1, 0.15) is 31.2 Å². The van der Waals surface area contributed by atoms with E-state index >= 15 is 4.39 Å². The molecule has 0 spiro atoms. The number of ether oxygens (including phenoxy) is 2. The van der Waals surface area contributed by atoms with Crippen LogP contribution < -0.4 is 15.2 Å². The van der Waals surface area contributed by atoms with E-state index in [1.807, 2.05) is 4.90 Å². The number of hydrogen-bond acceptors (Lipinski definition) is 9. The molecule has 7 rings (SSSR count). The molecule has 248 valence electrons. The van der Waals surface area contributed by atoms with Crippen molar-refractivity contribution in [2.75, 3.05) is 38.5 Å². The molecule has 47 heavy (non-hydrogen) atoms. The van der Waals surface area contributed by atoms with Gasteiger partial charge in [-0.05, 0) is 43.7 Å². The number of carbonyl (C=O) groups is 1. The molecule has 3 unspecified atom stereocenters. The Hall–Kier alpha value is -4.18. The lowest BCUT2D eigenvalue weighted by Gasteiger charge is -2.30. The lowest BCUT2D eigenvalue weighted by Crippen LogP contribution is -2.43. The third-order valence-corrected chi connectivity index (χ3v) is 10.00. The number of thiazole rings is 1. The number of nitrogens with zero attached hydrogens (tertiary/aromatic N) is 5. The number of amides is 1. The highest BCUT2D eigenvalue weighted by molar-refractivity contribution is 7.22. The summed E-state index contributed by atoms with van der Waals surface area (Å²) in [6.07, 6.45) is -3.65. The van der Waals surface area contributed by atoms with Gasteiger partial charge in [0.2, 0.25) is 11.8 Å². The van der Waals surface area contributed by atoms with E-state index in [1.165, 1.54) is 4.90 Å². The van der Waals surface area contributed by atoms with E-state index in [4.69, 9.17) is 15.2 Å². The summed E-state index contributed by atoms with van der Waals surface area (Å²) in [5.74, 6) is -2.88. The van der Waals surface area contributed by atoms with E-state index < -0.39 is 52.3 Å². The summed E-state index contributed by atoms with van der Waals surface area (Å²) >= 11 is 0.720. The van der Waals surface area contributed by atoms with Gasteiger partial charge < -0.3 is 20.1 Å². The Balaban J connectivity index is 1.38. The second-order valence-corrected chi connectivity index (χ2v) is 13.1. The number of aromatic nitrogens is 3. The number of halogens is 6. The zero-order valence-corrected chi connectivity index (χ0v) is 25.6. The normalized spacial score (nSPS) is 23.1. The van der Waals surface area contributed by atoms with Crippen LogP contribution in [0.15, 0.2) is 30.9 Å². The molecule has 2 aromatic carbocycles. The van der Waals surface area contributed by atoms with Crippen molar-refractivity contribution in [3.8, 4) is 23.0 Å². The van der Waals surface area contributed by atoms with Gasteiger partial charge in [-0.1, -0.05) is 17.9 Å². The lowest BCUT2D eigenvalue weighted by molar-refractivity contribution is -0.137. The van der Waals surface area contributed by atoms with Gasteiger partial charge in [0, 0.05) is 37.1 Å². The van der Waals surface area contributed by atoms with Crippen molar-refractivity contribution in [2.45, 2.75) is 49.7 Å². The summed E-state index contributed by atoms with van der Waals surface area (Å²) in [5.41, 5.74) is 1.73. The van der Waals surface area contributed by atoms with Crippen molar-refractivity contribution in [1.82, 2.24) is 24.8 Å². The molecule has 1 amide bonds. The quantitative estimate of drug-likeness (QED) is 0.190. The smallest absolute Gasteiger partial charge is 0.417 e. The van der Waals surface area contributed by atoms with Gasteiger partial charge in [-0.15, -0.1) is 0 Å². The number of alkyl halides is 4. The van der Waals surface area contributed by atoms with Gasteiger partial charge in [-0.2, -0.15) is 23.1 Å². The van der Waals surface area contributed by atoms with E-state index in [2.05, 4.69) is 21.5 Å². The average Bonchev–Trinajstić information content (AvgIpc) is 3.79. The van der Waals surface area contributed by atoms with Crippen LogP contribution in [0.5, 0.6) is 11.9 Å². The molecule has 0 bridgehead atoms. The number of nitrogens with two attached hydrogens (primary N) is 1. The summed E-state index contributed by atoms with van der Waals surface area (Å²) in [6.45, 7) is 4.77. The molecular weight excluding hydrogens is 650 g/mol. The number of fused-ring (bicyclic) bond motifs is 3. The first-order chi connectivity index (χ1) is 22.4. The molecule has 5 heterocycles. The standard InChI is InChI=1S/C31H28F6N6O3S/c1-2-21(44)42-9-6-16(13-42)46-27-18-10-19(31(35,36)37)22(17-4-5-20(33)26-25(17)39-28(38)47-26)23(34)24(18)40-29(41-27)45-14-30-7-3-8-43(30)12-15(32)11-30/h2,4-5,10,15-16H,1,3,6-9,11-14H2,(H2,38,39). The number of rotatable bonds is 7. The van der Waals surface area contributed by atoms with Crippen molar-refractivity contribution in [2.24, 2.45) is 0 Å². The maximum absolute atomic E-state index is 16.7. The van der Waals surface area contributed by atoms with Crippen LogP contribution in [0.3, 0.4) is 0 Å². The molecule has 3 fully saturated rings. The Kier molecular flexibility index (Phi) is 7.69. The van der Waals surface area contributed by atoms with Crippen molar-refractivity contribution < 1.29 is 40.6 Å². The average molecular weight is 679 g/mol. The topological polar surface area (TPSA) is 107 Å². The number of benzene rings is 2. The third-order valence-electron chi connectivity index (χ3n) is 9.10. The highest BCUT2D eigenvalue weighted by Gasteiger charge is 2.49. The second-order valence-electron chi connectivity index (χ2n) is 12.0. The molecule has 2 N–H and O–H groups in total. The molecule has 0 saturated carbocycles. The fourth-order valence-corrected chi connectivity index (χ4v) is 7.74. The van der Waals surface area contributed by atoms with Crippen LogP contribution in [-0.4, -0.2) is 81.3 Å². The van der Waals surface area contributed by atoms with Gasteiger partial charge in [0.1, 0.15) is 30.2 Å². The second kappa shape index (κ2) is 11.5. The van der Waals surface area contributed by atoms with Gasteiger partial charge >= 0.3 is 12.2 Å². The minimum absolute atomic E-state index is 0.0325. The van der Waals surface area contributed by atoms with Gasteiger partial charge in [-0.25, -0.2) is 18.2 Å². The maximum Gasteiger partial charge on any atom is 0.417 e. The Morgan fingerprint density at radius 3 is 2.74 bits per heavy atom. The van der Waals surface area contributed by atoms with Crippen LogP contribution >= 0.6 is 11.3 Å². The zero-order chi connectivity index (χ0) is 33.2. The lowest BCUT2D eigenvalue weighted by atomic mass is 9.95. The molecule has 16 heteroatoms. The fraction of sp³-hybridized carbons (Fsp3) is 0.419. The first kappa shape index (κ1) is 31.4. The summed E-state index contributed by atoms with van der Waals surface area (Å²) in [5, 5.41) is -0.501. The van der Waals surface area contributed by atoms with Crippen molar-refractivity contribution in [3.63, 3.8) is 0 Å². The first-order valence-corrected chi connectivity index (χ1v) is 15.7. The predicted molar refractivity (Wildman–Crippen MR) is 162 cm³/mol. The van der Waals surface area contributed by atoms with E-state index in [0.29, 0.717) is 32.0 Å². The maximum atomic E-state index is 16.7. The number of likely N-dealkylation sites (tertiary alicyclic amines) is 1. The minimum atomic E-state index is -5.09. The number of nitrogen functional groups attached to an aromatic ring is 1. The zero-order valence-electron chi connectivity index (χ0n) is 24.7. The van der Waals surface area contributed by atoms with Crippen LogP contribution in [0.25, 0.3) is 32.2 Å². The van der Waals surface area contributed by atoms with Crippen LogP contribution in [0.4, 0.5) is 31.5 Å². The largest absolute Gasteiger partial charge is 0.472 e. The highest BCUT2D eigenvalue weighted by atomic mass is 32.1. The van der Waals surface area contributed by atoms with E-state index in [0.717, 1.165) is 36.0 Å². The number of anilines is 1. The van der Waals surface area contributed by atoms with Crippen LogP contribution in [0, 0.1) is 11.6 Å². The molecule has 3 saturated heterocycles. The third kappa shape index (κ3) is 5.50. The summed E-state index contributed by atoms with van der Waals surface area (Å²) < 4.78 is 102. The molecule has 0 radical (unpaired) electrons. The Morgan fingerprint density at radius 2 is 1.98 bits per heavy atom. The molecule has 3 atom stereocenters. The summed E-state index contributed by atoms with van der Waals surface area (Å²) in [6, 6.07) is 2.24. The summed E-state index contributed by atoms with van der Waals surface area (Å²) in [4.78, 5) is 28.1. The summed E-state index contributed by atoms with van der Waals surface area (Å²) in [7, 11) is 0. The number of carbonyl (C=O) groups excluding carboxylic acids is 1. The molecule has 0 aliphatic carbocycles. The Labute approximate surface area is 268 Å². The van der Waals surface area contributed by atoms with E-state index in [-0.39, 0.29) is 70.2 Å². The minimum Gasteiger partial charge on any atom is -0.472 e. The number of hydrogen-bond donors (Lipinski definition) is 1. The van der Waals surface area contributed by atoms with Crippen LogP contribution in [0.2, 0.25) is 0 Å². The highest BCUT2D eigenvalue weighted by Crippen LogP contribution is 2.46. The van der Waals surface area contributed by atoms with Crippen molar-refractivity contribution in [1.29, 1.82) is 0 Å². The van der Waals surface area contributed by atoms with Crippen molar-refractivity contribution >= 4 is 43.5 Å². The Bertz CT molecular complexity index is 1920. The Morgan fingerprint density at radius 1 is 1.17 bits per heavy atom. The molecule has 9 nitrogen and oxygen atoms in total. The predicted octanol–water partition coefficient (Wildman–Crippen LogP) is 5.91. The molecule has 2 aromatic heterocycles. The van der Waals surface area contributed by atoms with Gasteiger partial charge in [0.25, 0.3) is 0 Å². The molecule has 3 aliphatic rings. The van der Waals surface area contributed by atoms with Crippen LogP contribution in [-0.2, 0) is 11.0 Å². The van der Waals surface area contributed by atoms with E-state index in [9.17, 15) is 26.7 Å². The van der Waals surface area contributed by atoms with Crippen molar-refractivity contribution in [3.05, 3.63) is 48.1 Å². The monoisotopic (exact) mass is 678 g/mol. The van der Waals surface area contributed by atoms with Gasteiger partial charge in [0.05, 0.1) is 33.2 Å². The molecular formula is C31H28F6N6O3S.